The second kappa shape index (κ2) is 8.40. The molecule has 29 heavy (non-hydrogen) atoms. The van der Waals surface area contributed by atoms with E-state index in [1.807, 2.05) is 0 Å². The summed E-state index contributed by atoms with van der Waals surface area (Å²) in [4.78, 5) is -0.638. The van der Waals surface area contributed by atoms with Gasteiger partial charge in [-0.05, 0) is 30.3 Å². The molecule has 0 fully saturated rings. The standard InChI is InChI=1S/C20H17F2NO4S2/c21-19-14-8-7-13-18(19)20(22)15-23(28(24,25)16-9-3-1-4-10-16)29(26,27)17-11-5-2-6-12-17/h1-14,20H,15H2. The molecular formula is C20H17F2NO4S2. The van der Waals surface area contributed by atoms with Gasteiger partial charge in [0.2, 0.25) is 0 Å². The van der Waals surface area contributed by atoms with Gasteiger partial charge in [-0.3, -0.25) is 0 Å². The molecule has 0 aliphatic heterocycles. The van der Waals surface area contributed by atoms with Gasteiger partial charge in [-0.25, -0.2) is 25.6 Å². The van der Waals surface area contributed by atoms with Gasteiger partial charge in [0, 0.05) is 5.56 Å². The first-order chi connectivity index (χ1) is 13.7. The molecule has 0 N–H and O–H groups in total. The summed E-state index contributed by atoms with van der Waals surface area (Å²) in [7, 11) is -9.28. The Bertz CT molecular complexity index is 1120. The highest BCUT2D eigenvalue weighted by Crippen LogP contribution is 2.29. The van der Waals surface area contributed by atoms with Gasteiger partial charge in [0.1, 0.15) is 12.0 Å². The molecule has 0 radical (unpaired) electrons. The number of nitrogens with zero attached hydrogens (tertiary/aromatic N) is 1. The van der Waals surface area contributed by atoms with Crippen LogP contribution in [0.3, 0.4) is 0 Å². The van der Waals surface area contributed by atoms with Crippen LogP contribution in [-0.2, 0) is 20.0 Å². The van der Waals surface area contributed by atoms with Crippen LogP contribution in [0.2, 0.25) is 0 Å². The molecule has 0 bridgehead atoms. The van der Waals surface area contributed by atoms with E-state index in [2.05, 4.69) is 0 Å². The maximum atomic E-state index is 14.9. The van der Waals surface area contributed by atoms with Crippen molar-refractivity contribution in [2.45, 2.75) is 16.0 Å². The second-order valence-electron chi connectivity index (χ2n) is 6.08. The van der Waals surface area contributed by atoms with Gasteiger partial charge >= 0.3 is 0 Å². The van der Waals surface area contributed by atoms with Crippen LogP contribution in [0.5, 0.6) is 0 Å². The van der Waals surface area contributed by atoms with Crippen LogP contribution in [0.15, 0.2) is 94.7 Å². The average molecular weight is 437 g/mol. The molecule has 3 rings (SSSR count). The topological polar surface area (TPSA) is 71.5 Å². The maximum Gasteiger partial charge on any atom is 0.256 e. The van der Waals surface area contributed by atoms with Crippen LogP contribution >= 0.6 is 0 Å². The zero-order chi connectivity index (χ0) is 21.1. The van der Waals surface area contributed by atoms with Crippen LogP contribution in [0.1, 0.15) is 11.7 Å². The minimum Gasteiger partial charge on any atom is -0.241 e. The van der Waals surface area contributed by atoms with Crippen LogP contribution in [0, 0.1) is 5.82 Å². The SMILES string of the molecule is O=S(=O)(c1ccccc1)N(CC(F)c1ccccc1F)S(=O)(=O)c1ccccc1. The molecule has 0 saturated carbocycles. The Morgan fingerprint density at radius 1 is 0.690 bits per heavy atom. The number of alkyl halides is 1. The summed E-state index contributed by atoms with van der Waals surface area (Å²) in [5, 5.41) is 0. The van der Waals surface area contributed by atoms with Gasteiger partial charge in [-0.15, -0.1) is 0 Å². The minimum atomic E-state index is -4.64. The van der Waals surface area contributed by atoms with Crippen molar-refractivity contribution < 1.29 is 25.6 Å². The summed E-state index contributed by atoms with van der Waals surface area (Å²) in [5.74, 6) is -0.894. The van der Waals surface area contributed by atoms with Gasteiger partial charge in [0.15, 0.2) is 0 Å². The van der Waals surface area contributed by atoms with Crippen molar-refractivity contribution in [2.75, 3.05) is 6.54 Å². The Balaban J connectivity index is 2.11. The van der Waals surface area contributed by atoms with Crippen molar-refractivity contribution in [2.24, 2.45) is 0 Å². The zero-order valence-electron chi connectivity index (χ0n) is 15.0. The average Bonchev–Trinajstić information content (AvgIpc) is 2.73. The second-order valence-corrected chi connectivity index (χ2v) is 10.0. The highest BCUT2D eigenvalue weighted by Gasteiger charge is 2.39. The fraction of sp³-hybridized carbons (Fsp3) is 0.100. The quantitative estimate of drug-likeness (QED) is 0.562. The van der Waals surface area contributed by atoms with Gasteiger partial charge in [-0.2, -0.15) is 0 Å². The van der Waals surface area contributed by atoms with E-state index in [1.165, 1.54) is 60.7 Å². The largest absolute Gasteiger partial charge is 0.256 e. The Kier molecular flexibility index (Phi) is 6.11. The number of halogens is 2. The lowest BCUT2D eigenvalue weighted by Crippen LogP contribution is -2.39. The fourth-order valence-corrected chi connectivity index (χ4v) is 6.38. The molecule has 3 aromatic carbocycles. The molecule has 0 heterocycles. The fourth-order valence-electron chi connectivity index (χ4n) is 2.70. The highest BCUT2D eigenvalue weighted by molar-refractivity contribution is 8.04. The van der Waals surface area contributed by atoms with E-state index in [9.17, 15) is 25.6 Å². The summed E-state index contributed by atoms with van der Waals surface area (Å²) in [6, 6.07) is 18.5. The van der Waals surface area contributed by atoms with E-state index in [1.54, 1.807) is 12.1 Å². The molecule has 0 aliphatic rings. The van der Waals surface area contributed by atoms with E-state index in [4.69, 9.17) is 0 Å². The van der Waals surface area contributed by atoms with Crippen molar-refractivity contribution in [3.8, 4) is 0 Å². The van der Waals surface area contributed by atoms with Crippen molar-refractivity contribution in [1.82, 2.24) is 3.71 Å². The molecule has 1 atom stereocenters. The minimum absolute atomic E-state index is 0.0851. The van der Waals surface area contributed by atoms with Gasteiger partial charge in [0.05, 0.1) is 16.3 Å². The molecule has 0 amide bonds. The van der Waals surface area contributed by atoms with Crippen molar-refractivity contribution in [1.29, 1.82) is 0 Å². The predicted octanol–water partition coefficient (Wildman–Crippen LogP) is 3.92. The zero-order valence-corrected chi connectivity index (χ0v) is 16.7. The molecule has 1 unspecified atom stereocenters. The first kappa shape index (κ1) is 21.1. The first-order valence-corrected chi connectivity index (χ1v) is 11.4. The molecule has 9 heteroatoms. The maximum absolute atomic E-state index is 14.9. The van der Waals surface area contributed by atoms with E-state index in [0.29, 0.717) is 0 Å². The third-order valence-corrected chi connectivity index (χ3v) is 8.45. The first-order valence-electron chi connectivity index (χ1n) is 8.51. The van der Waals surface area contributed by atoms with Crippen LogP contribution < -0.4 is 0 Å². The summed E-state index contributed by atoms with van der Waals surface area (Å²) < 4.78 is 81.3. The molecule has 152 valence electrons. The summed E-state index contributed by atoms with van der Waals surface area (Å²) in [6.45, 7) is -1.10. The summed E-state index contributed by atoms with van der Waals surface area (Å²) in [5.41, 5.74) is -0.427. The molecule has 3 aromatic rings. The van der Waals surface area contributed by atoms with Gasteiger partial charge in [-0.1, -0.05) is 58.3 Å². The van der Waals surface area contributed by atoms with E-state index in [-0.39, 0.29) is 13.5 Å². The Morgan fingerprint density at radius 2 is 1.10 bits per heavy atom. The number of sulfonamides is 2. The smallest absolute Gasteiger partial charge is 0.241 e. The van der Waals surface area contributed by atoms with Crippen molar-refractivity contribution in [3.05, 3.63) is 96.3 Å². The highest BCUT2D eigenvalue weighted by atomic mass is 32.3. The lowest BCUT2D eigenvalue weighted by atomic mass is 10.1. The number of benzene rings is 3. The molecule has 5 nitrogen and oxygen atoms in total. The number of hydrogen-bond acceptors (Lipinski definition) is 4. The normalized spacial score (nSPS) is 13.3. The molecule has 0 spiro atoms. The number of hydrogen-bond donors (Lipinski definition) is 0. The molecule has 0 aliphatic carbocycles. The third kappa shape index (κ3) is 4.36. The Morgan fingerprint density at radius 3 is 1.55 bits per heavy atom. The third-order valence-electron chi connectivity index (χ3n) is 4.17. The van der Waals surface area contributed by atoms with E-state index < -0.39 is 44.1 Å². The lowest BCUT2D eigenvalue weighted by Gasteiger charge is -2.24. The predicted molar refractivity (Wildman–Crippen MR) is 104 cm³/mol. The van der Waals surface area contributed by atoms with Crippen LogP contribution in [-0.4, -0.2) is 27.1 Å². The lowest BCUT2D eigenvalue weighted by molar-refractivity contribution is 0.299. The number of rotatable bonds is 7. The molecule has 0 saturated heterocycles. The Labute approximate surface area is 168 Å². The molecule has 0 aromatic heterocycles. The van der Waals surface area contributed by atoms with Gasteiger partial charge < -0.3 is 0 Å². The summed E-state index contributed by atoms with van der Waals surface area (Å²) >= 11 is 0. The van der Waals surface area contributed by atoms with E-state index >= 15 is 0 Å². The Hall–Kier alpha value is -2.62. The summed E-state index contributed by atoms with van der Waals surface area (Å²) in [6.07, 6.45) is -2.20. The van der Waals surface area contributed by atoms with Crippen molar-refractivity contribution >= 4 is 20.0 Å². The monoisotopic (exact) mass is 437 g/mol. The van der Waals surface area contributed by atoms with E-state index in [0.717, 1.165) is 12.1 Å². The van der Waals surface area contributed by atoms with Crippen LogP contribution in [0.25, 0.3) is 0 Å². The van der Waals surface area contributed by atoms with Crippen LogP contribution in [0.4, 0.5) is 8.78 Å². The van der Waals surface area contributed by atoms with Crippen molar-refractivity contribution in [3.63, 3.8) is 0 Å². The van der Waals surface area contributed by atoms with Gasteiger partial charge in [0.25, 0.3) is 20.0 Å². The molecular weight excluding hydrogens is 420 g/mol.